The van der Waals surface area contributed by atoms with Gasteiger partial charge < -0.3 is 10.0 Å². The Bertz CT molecular complexity index is 380. The van der Waals surface area contributed by atoms with Gasteiger partial charge in [0.15, 0.2) is 0 Å². The molecule has 0 aromatic heterocycles. The second-order valence-corrected chi connectivity index (χ2v) is 4.33. The average Bonchev–Trinajstić information content (AvgIpc) is 2.72. The third kappa shape index (κ3) is 2.48. The maximum atomic E-state index is 12.2. The van der Waals surface area contributed by atoms with Crippen molar-refractivity contribution < 1.29 is 9.90 Å². The van der Waals surface area contributed by atoms with Crippen LogP contribution in [0.5, 0.6) is 0 Å². The van der Waals surface area contributed by atoms with E-state index in [0.717, 1.165) is 18.7 Å². The first-order chi connectivity index (χ1) is 8.24. The van der Waals surface area contributed by atoms with Crippen LogP contribution in [0.2, 0.25) is 0 Å². The Hall–Kier alpha value is -1.39. The van der Waals surface area contributed by atoms with Gasteiger partial charge in [0, 0.05) is 18.8 Å². The lowest BCUT2D eigenvalue weighted by atomic mass is 10.2. The topological polar surface area (TPSA) is 43.8 Å². The van der Waals surface area contributed by atoms with E-state index in [0.29, 0.717) is 6.54 Å². The molecular formula is C13H18N2O2. The normalized spacial score (nSPS) is 20.3. The van der Waals surface area contributed by atoms with Crippen LogP contribution in [-0.2, 0) is 4.79 Å². The van der Waals surface area contributed by atoms with Crippen LogP contribution in [0.25, 0.3) is 0 Å². The lowest BCUT2D eigenvalue weighted by Crippen LogP contribution is -2.40. The second kappa shape index (κ2) is 5.29. The molecule has 1 aromatic rings. The number of hydrogen-bond acceptors (Lipinski definition) is 3. The number of carbonyl (C=O) groups is 1. The van der Waals surface area contributed by atoms with Crippen LogP contribution < -0.4 is 4.90 Å². The average molecular weight is 234 g/mol. The minimum atomic E-state index is -0.0950. The minimum Gasteiger partial charge on any atom is -0.395 e. The number of carbonyl (C=O) groups excluding carboxylic acids is 1. The van der Waals surface area contributed by atoms with Gasteiger partial charge in [0.25, 0.3) is 0 Å². The molecule has 1 amide bonds. The number of nitrogens with zero attached hydrogens (tertiary/aromatic N) is 2. The molecule has 4 heteroatoms. The number of aliphatic hydroxyl groups is 1. The van der Waals surface area contributed by atoms with Crippen molar-refractivity contribution in [2.75, 3.05) is 31.6 Å². The number of benzene rings is 1. The molecule has 1 unspecified atom stereocenters. The fraction of sp³-hybridized carbons (Fsp3) is 0.462. The van der Waals surface area contributed by atoms with Gasteiger partial charge >= 0.3 is 0 Å². The molecule has 1 saturated heterocycles. The largest absolute Gasteiger partial charge is 0.395 e. The lowest BCUT2D eigenvalue weighted by Gasteiger charge is -2.22. The number of likely N-dealkylation sites (N-methyl/N-ethyl adjacent to an activating group) is 1. The highest BCUT2D eigenvalue weighted by molar-refractivity contribution is 5.99. The van der Waals surface area contributed by atoms with E-state index in [9.17, 15) is 4.79 Å². The summed E-state index contributed by atoms with van der Waals surface area (Å²) in [6.45, 7) is 1.38. The highest BCUT2D eigenvalue weighted by Crippen LogP contribution is 2.23. The van der Waals surface area contributed by atoms with Gasteiger partial charge in [0.1, 0.15) is 0 Å². The van der Waals surface area contributed by atoms with Crippen molar-refractivity contribution in [3.8, 4) is 0 Å². The summed E-state index contributed by atoms with van der Waals surface area (Å²) in [5.41, 5.74) is 0.956. The first-order valence-corrected chi connectivity index (χ1v) is 5.91. The van der Waals surface area contributed by atoms with E-state index >= 15 is 0 Å². The standard InChI is InChI=1S/C13H18N2O2/c1-14(9-10-16)12-7-8-15(13(12)17)11-5-3-2-4-6-11/h2-6,12,16H,7-10H2,1H3. The van der Waals surface area contributed by atoms with Crippen molar-refractivity contribution in [1.29, 1.82) is 0 Å². The van der Waals surface area contributed by atoms with Gasteiger partial charge in [0.05, 0.1) is 12.6 Å². The Kier molecular flexibility index (Phi) is 3.76. The summed E-state index contributed by atoms with van der Waals surface area (Å²) >= 11 is 0. The third-order valence-corrected chi connectivity index (χ3v) is 3.23. The zero-order valence-corrected chi connectivity index (χ0v) is 10.0. The van der Waals surface area contributed by atoms with Crippen LogP contribution in [0.4, 0.5) is 5.69 Å². The summed E-state index contributed by atoms with van der Waals surface area (Å²) in [6.07, 6.45) is 0.824. The van der Waals surface area contributed by atoms with Crippen LogP contribution in [0.15, 0.2) is 30.3 Å². The van der Waals surface area contributed by atoms with E-state index in [1.54, 1.807) is 0 Å². The number of para-hydroxylation sites is 1. The van der Waals surface area contributed by atoms with E-state index in [1.807, 2.05) is 47.2 Å². The third-order valence-electron chi connectivity index (χ3n) is 3.23. The predicted octanol–water partition coefficient (Wildman–Crippen LogP) is 0.716. The molecule has 17 heavy (non-hydrogen) atoms. The Morgan fingerprint density at radius 2 is 2.12 bits per heavy atom. The molecule has 0 radical (unpaired) electrons. The van der Waals surface area contributed by atoms with Crippen molar-refractivity contribution in [2.24, 2.45) is 0 Å². The molecule has 0 aliphatic carbocycles. The Labute approximate surface area is 101 Å². The Morgan fingerprint density at radius 1 is 1.41 bits per heavy atom. The van der Waals surface area contributed by atoms with Crippen LogP contribution >= 0.6 is 0 Å². The summed E-state index contributed by atoms with van der Waals surface area (Å²) in [5, 5.41) is 8.90. The van der Waals surface area contributed by atoms with Gasteiger partial charge in [-0.1, -0.05) is 18.2 Å². The van der Waals surface area contributed by atoms with Crippen molar-refractivity contribution >= 4 is 11.6 Å². The molecule has 1 atom stereocenters. The van der Waals surface area contributed by atoms with Crippen molar-refractivity contribution in [3.63, 3.8) is 0 Å². The number of anilines is 1. The molecule has 4 nitrogen and oxygen atoms in total. The summed E-state index contributed by atoms with van der Waals surface area (Å²) in [7, 11) is 1.88. The molecule has 1 aliphatic heterocycles. The Balaban J connectivity index is 2.08. The molecule has 1 aliphatic rings. The fourth-order valence-corrected chi connectivity index (χ4v) is 2.25. The molecule has 0 saturated carbocycles. The van der Waals surface area contributed by atoms with Gasteiger partial charge in [-0.2, -0.15) is 0 Å². The molecular weight excluding hydrogens is 216 g/mol. The van der Waals surface area contributed by atoms with Crippen molar-refractivity contribution in [2.45, 2.75) is 12.5 Å². The van der Waals surface area contributed by atoms with Crippen LogP contribution in [0.3, 0.4) is 0 Å². The smallest absolute Gasteiger partial charge is 0.244 e. The number of rotatable bonds is 4. The zero-order valence-electron chi connectivity index (χ0n) is 10.0. The van der Waals surface area contributed by atoms with Gasteiger partial charge in [-0.15, -0.1) is 0 Å². The molecule has 1 aromatic carbocycles. The first kappa shape index (κ1) is 12.1. The molecule has 0 bridgehead atoms. The summed E-state index contributed by atoms with van der Waals surface area (Å²) in [6, 6.07) is 9.63. The number of aliphatic hydroxyl groups excluding tert-OH is 1. The van der Waals surface area contributed by atoms with Crippen molar-refractivity contribution in [3.05, 3.63) is 30.3 Å². The van der Waals surface area contributed by atoms with Gasteiger partial charge in [-0.25, -0.2) is 0 Å². The molecule has 2 rings (SSSR count). The monoisotopic (exact) mass is 234 g/mol. The van der Waals surface area contributed by atoms with Crippen LogP contribution in [0.1, 0.15) is 6.42 Å². The molecule has 1 heterocycles. The fourth-order valence-electron chi connectivity index (χ4n) is 2.25. The molecule has 1 N–H and O–H groups in total. The SMILES string of the molecule is CN(CCO)C1CCN(c2ccccc2)C1=O. The van der Waals surface area contributed by atoms with E-state index in [2.05, 4.69) is 0 Å². The predicted molar refractivity (Wildman–Crippen MR) is 66.9 cm³/mol. The van der Waals surface area contributed by atoms with Gasteiger partial charge in [0.2, 0.25) is 5.91 Å². The first-order valence-electron chi connectivity index (χ1n) is 5.91. The van der Waals surface area contributed by atoms with E-state index < -0.39 is 0 Å². The lowest BCUT2D eigenvalue weighted by molar-refractivity contribution is -0.121. The van der Waals surface area contributed by atoms with Crippen molar-refractivity contribution in [1.82, 2.24) is 4.90 Å². The van der Waals surface area contributed by atoms with Crippen LogP contribution in [-0.4, -0.2) is 48.7 Å². The highest BCUT2D eigenvalue weighted by Gasteiger charge is 2.34. The van der Waals surface area contributed by atoms with E-state index in [4.69, 9.17) is 5.11 Å². The summed E-state index contributed by atoms with van der Waals surface area (Å²) < 4.78 is 0. The Morgan fingerprint density at radius 3 is 2.76 bits per heavy atom. The second-order valence-electron chi connectivity index (χ2n) is 4.33. The number of amides is 1. The summed E-state index contributed by atoms with van der Waals surface area (Å²) in [4.78, 5) is 16.0. The molecule has 1 fully saturated rings. The van der Waals surface area contributed by atoms with Gasteiger partial charge in [-0.05, 0) is 25.6 Å². The van der Waals surface area contributed by atoms with E-state index in [1.165, 1.54) is 0 Å². The quantitative estimate of drug-likeness (QED) is 0.834. The van der Waals surface area contributed by atoms with Crippen LogP contribution in [0, 0.1) is 0 Å². The molecule has 0 spiro atoms. The minimum absolute atomic E-state index is 0.0889. The maximum Gasteiger partial charge on any atom is 0.244 e. The van der Waals surface area contributed by atoms with E-state index in [-0.39, 0.29) is 18.6 Å². The van der Waals surface area contributed by atoms with Gasteiger partial charge in [-0.3, -0.25) is 9.69 Å². The number of hydrogen-bond donors (Lipinski definition) is 1. The highest BCUT2D eigenvalue weighted by atomic mass is 16.3. The zero-order chi connectivity index (χ0) is 12.3. The molecule has 92 valence electrons. The summed E-state index contributed by atoms with van der Waals surface area (Å²) in [5.74, 6) is 0.132. The maximum absolute atomic E-state index is 12.2.